The Morgan fingerprint density at radius 2 is 1.57 bits per heavy atom. The zero-order valence-electron chi connectivity index (χ0n) is 8.99. The van der Waals surface area contributed by atoms with E-state index in [-0.39, 0.29) is 24.6 Å². The molecule has 4 nitrogen and oxygen atoms in total. The van der Waals surface area contributed by atoms with Gasteiger partial charge in [0.25, 0.3) is 10.1 Å². The number of hydrogen-bond acceptors (Lipinski definition) is 4. The molecule has 0 aliphatic heterocycles. The van der Waals surface area contributed by atoms with E-state index < -0.39 is 10.1 Å². The third-order valence-electron chi connectivity index (χ3n) is 1.85. The fraction of sp³-hybridized carbons (Fsp3) is 1.00. The maximum Gasteiger partial charge on any atom is 1.00 e. The largest absolute Gasteiger partial charge is 1.00 e. The van der Waals surface area contributed by atoms with Crippen LogP contribution in [-0.2, 0) is 14.5 Å². The second-order valence-electron chi connectivity index (χ2n) is 3.10. The van der Waals surface area contributed by atoms with E-state index in [2.05, 4.69) is 11.3 Å². The summed E-state index contributed by atoms with van der Waals surface area (Å²) in [6.45, 7) is 2.12. The van der Waals surface area contributed by atoms with Crippen molar-refractivity contribution in [2.45, 2.75) is 45.4 Å². The SMILES string of the molecule is CCCCCCCCS(=O)(=O)O[O-].[Li+]. The molecule has 0 unspecified atom stereocenters. The van der Waals surface area contributed by atoms with Gasteiger partial charge >= 0.3 is 18.9 Å². The Bertz CT molecular complexity index is 203. The van der Waals surface area contributed by atoms with Crippen molar-refractivity contribution in [1.82, 2.24) is 0 Å². The molecule has 6 heteroatoms. The van der Waals surface area contributed by atoms with Crippen LogP contribution in [0.25, 0.3) is 0 Å². The fourth-order valence-corrected chi connectivity index (χ4v) is 1.72. The molecule has 0 N–H and O–H groups in total. The summed E-state index contributed by atoms with van der Waals surface area (Å²) >= 11 is 0. The van der Waals surface area contributed by atoms with Crippen LogP contribution in [-0.4, -0.2) is 14.2 Å². The summed E-state index contributed by atoms with van der Waals surface area (Å²) in [4.78, 5) is 0. The molecule has 0 aromatic carbocycles. The third-order valence-corrected chi connectivity index (χ3v) is 2.85. The zero-order chi connectivity index (χ0) is 10.2. The van der Waals surface area contributed by atoms with E-state index in [4.69, 9.17) is 0 Å². The number of hydrogen-bond donors (Lipinski definition) is 0. The van der Waals surface area contributed by atoms with Gasteiger partial charge in [-0.25, -0.2) is 8.42 Å². The van der Waals surface area contributed by atoms with E-state index in [1.165, 1.54) is 12.8 Å². The summed E-state index contributed by atoms with van der Waals surface area (Å²) in [5.74, 6) is -0.150. The summed E-state index contributed by atoms with van der Waals surface area (Å²) in [5, 5.41) is 9.63. The first-order chi connectivity index (χ1) is 6.12. The van der Waals surface area contributed by atoms with Gasteiger partial charge in [-0.3, -0.25) is 0 Å². The number of unbranched alkanes of at least 4 members (excludes halogenated alkanes) is 5. The van der Waals surface area contributed by atoms with Gasteiger partial charge in [0.1, 0.15) is 0 Å². The molecule has 0 saturated heterocycles. The van der Waals surface area contributed by atoms with Crippen molar-refractivity contribution < 1.29 is 36.9 Å². The second kappa shape index (κ2) is 10.0. The summed E-state index contributed by atoms with van der Waals surface area (Å²) in [6, 6.07) is 0. The number of rotatable bonds is 8. The summed E-state index contributed by atoms with van der Waals surface area (Å²) < 4.78 is 24.2. The average Bonchev–Trinajstić information content (AvgIpc) is 2.11. The predicted octanol–water partition coefficient (Wildman–Crippen LogP) is -2.03. The van der Waals surface area contributed by atoms with Gasteiger partial charge < -0.3 is 9.59 Å². The van der Waals surface area contributed by atoms with E-state index in [1.807, 2.05) is 0 Å². The van der Waals surface area contributed by atoms with E-state index >= 15 is 0 Å². The van der Waals surface area contributed by atoms with Crippen molar-refractivity contribution in [3.05, 3.63) is 0 Å². The standard InChI is InChI=1S/C8H18O4S.Li/c1-2-3-4-5-6-7-8-13(10,11)12-9;/h9H,2-8H2,1H3;/q;+1/p-1. The minimum atomic E-state index is -3.77. The molecule has 0 aromatic heterocycles. The molecule has 0 amide bonds. The van der Waals surface area contributed by atoms with Crippen LogP contribution in [0.1, 0.15) is 45.4 Å². The molecule has 0 radical (unpaired) electrons. The quantitative estimate of drug-likeness (QED) is 0.203. The Balaban J connectivity index is 0. The molecule has 0 atom stereocenters. The van der Waals surface area contributed by atoms with Gasteiger partial charge in [0.2, 0.25) is 0 Å². The zero-order valence-corrected chi connectivity index (χ0v) is 9.81. The molecule has 0 spiro atoms. The molecule has 0 heterocycles. The smallest absolute Gasteiger partial charge is 0.707 e. The Morgan fingerprint density at radius 1 is 1.07 bits per heavy atom. The Kier molecular flexibility index (Phi) is 12.1. The molecule has 0 rings (SSSR count). The topological polar surface area (TPSA) is 66.4 Å². The molecule has 0 bridgehead atoms. The molecule has 0 aromatic rings. The molecule has 14 heavy (non-hydrogen) atoms. The van der Waals surface area contributed by atoms with Crippen molar-refractivity contribution in [2.75, 3.05) is 5.75 Å². The van der Waals surface area contributed by atoms with Gasteiger partial charge in [0.15, 0.2) is 0 Å². The molecule has 80 valence electrons. The predicted molar refractivity (Wildman–Crippen MR) is 48.2 cm³/mol. The van der Waals surface area contributed by atoms with Crippen LogP contribution >= 0.6 is 0 Å². The maximum atomic E-state index is 10.6. The third kappa shape index (κ3) is 10.5. The van der Waals surface area contributed by atoms with Gasteiger partial charge in [-0.05, 0) is 6.42 Å². The minimum absolute atomic E-state index is 0. The van der Waals surface area contributed by atoms with Gasteiger partial charge in [-0.1, -0.05) is 39.0 Å². The van der Waals surface area contributed by atoms with E-state index in [1.54, 1.807) is 0 Å². The fourth-order valence-electron chi connectivity index (χ4n) is 1.09. The van der Waals surface area contributed by atoms with E-state index in [0.717, 1.165) is 19.3 Å². The molecule has 0 saturated carbocycles. The molecular weight excluding hydrogens is 199 g/mol. The van der Waals surface area contributed by atoms with Crippen molar-refractivity contribution >= 4 is 10.1 Å². The second-order valence-corrected chi connectivity index (χ2v) is 4.76. The first kappa shape index (κ1) is 16.9. The van der Waals surface area contributed by atoms with Crippen LogP contribution in [0, 0.1) is 0 Å². The Labute approximate surface area is 98.3 Å². The van der Waals surface area contributed by atoms with E-state index in [9.17, 15) is 13.7 Å². The molecule has 0 aliphatic rings. The van der Waals surface area contributed by atoms with Crippen LogP contribution in [0.5, 0.6) is 0 Å². The Morgan fingerprint density at radius 3 is 2.07 bits per heavy atom. The van der Waals surface area contributed by atoms with Crippen LogP contribution in [0.15, 0.2) is 0 Å². The van der Waals surface area contributed by atoms with Gasteiger partial charge in [0, 0.05) is 0 Å². The van der Waals surface area contributed by atoms with Crippen molar-refractivity contribution in [1.29, 1.82) is 0 Å². The summed E-state index contributed by atoms with van der Waals surface area (Å²) in [7, 11) is -3.77. The van der Waals surface area contributed by atoms with Crippen LogP contribution < -0.4 is 24.1 Å². The van der Waals surface area contributed by atoms with Crippen molar-refractivity contribution in [2.24, 2.45) is 0 Å². The summed E-state index contributed by atoms with van der Waals surface area (Å²) in [5.41, 5.74) is 0. The average molecular weight is 216 g/mol. The molecule has 0 aliphatic carbocycles. The van der Waals surface area contributed by atoms with Crippen molar-refractivity contribution in [3.8, 4) is 0 Å². The monoisotopic (exact) mass is 216 g/mol. The van der Waals surface area contributed by atoms with E-state index in [0.29, 0.717) is 6.42 Å². The summed E-state index contributed by atoms with van der Waals surface area (Å²) in [6.07, 6.45) is 5.89. The first-order valence-corrected chi connectivity index (χ1v) is 6.24. The van der Waals surface area contributed by atoms with Crippen LogP contribution in [0.4, 0.5) is 0 Å². The molecular formula is C8H17LiO4S. The van der Waals surface area contributed by atoms with Crippen LogP contribution in [0.2, 0.25) is 0 Å². The minimum Gasteiger partial charge on any atom is -0.707 e. The maximum absolute atomic E-state index is 10.6. The van der Waals surface area contributed by atoms with Crippen molar-refractivity contribution in [3.63, 3.8) is 0 Å². The molecule has 0 fully saturated rings. The normalized spacial score (nSPS) is 11.0. The Hall–Kier alpha value is 0.467. The van der Waals surface area contributed by atoms with Gasteiger partial charge in [0.05, 0.1) is 5.75 Å². The first-order valence-electron chi connectivity index (χ1n) is 4.66. The van der Waals surface area contributed by atoms with Gasteiger partial charge in [-0.2, -0.15) is 0 Å². The van der Waals surface area contributed by atoms with Crippen LogP contribution in [0.3, 0.4) is 0 Å². The van der Waals surface area contributed by atoms with Gasteiger partial charge in [-0.15, -0.1) is 0 Å².